The van der Waals surface area contributed by atoms with Crippen molar-refractivity contribution in [1.29, 1.82) is 0 Å². The van der Waals surface area contributed by atoms with Gasteiger partial charge in [-0.1, -0.05) is 18.2 Å². The minimum absolute atomic E-state index is 0.277. The standard InChI is InChI=1S/C18H19N5OS/c19-16(24)12-22-7-9-23(10-8-22)18-13-4-1-2-5-14(13)20-17(21-18)15-6-3-11-25-15/h1-6,11H,7-10,12H2,(H2,19,24). The van der Waals surface area contributed by atoms with Gasteiger partial charge in [-0.05, 0) is 23.6 Å². The van der Waals surface area contributed by atoms with E-state index >= 15 is 0 Å². The molecule has 1 aromatic carbocycles. The number of nitrogens with two attached hydrogens (primary N) is 1. The molecule has 0 radical (unpaired) electrons. The highest BCUT2D eigenvalue weighted by Gasteiger charge is 2.22. The first-order chi connectivity index (χ1) is 12.2. The summed E-state index contributed by atoms with van der Waals surface area (Å²) in [6.45, 7) is 3.56. The molecule has 1 saturated heterocycles. The van der Waals surface area contributed by atoms with Crippen LogP contribution in [-0.2, 0) is 4.79 Å². The van der Waals surface area contributed by atoms with Crippen LogP contribution in [0.5, 0.6) is 0 Å². The Balaban J connectivity index is 1.68. The molecule has 1 aliphatic heterocycles. The van der Waals surface area contributed by atoms with E-state index in [0.717, 1.165) is 53.6 Å². The van der Waals surface area contributed by atoms with Crippen molar-refractivity contribution in [2.45, 2.75) is 0 Å². The molecular weight excluding hydrogens is 334 g/mol. The molecule has 0 aliphatic carbocycles. The molecule has 0 bridgehead atoms. The zero-order chi connectivity index (χ0) is 17.2. The van der Waals surface area contributed by atoms with Crippen molar-refractivity contribution in [1.82, 2.24) is 14.9 Å². The summed E-state index contributed by atoms with van der Waals surface area (Å²) in [4.78, 5) is 26.1. The van der Waals surface area contributed by atoms with Crippen molar-refractivity contribution in [3.63, 3.8) is 0 Å². The predicted molar refractivity (Wildman–Crippen MR) is 101 cm³/mol. The number of rotatable bonds is 4. The van der Waals surface area contributed by atoms with Gasteiger partial charge < -0.3 is 10.6 Å². The molecule has 128 valence electrons. The summed E-state index contributed by atoms with van der Waals surface area (Å²) in [6.07, 6.45) is 0. The van der Waals surface area contributed by atoms with Crippen LogP contribution < -0.4 is 10.6 Å². The smallest absolute Gasteiger partial charge is 0.231 e. The van der Waals surface area contributed by atoms with Gasteiger partial charge in [-0.3, -0.25) is 9.69 Å². The number of thiophene rings is 1. The van der Waals surface area contributed by atoms with Crippen molar-refractivity contribution >= 4 is 34.0 Å². The van der Waals surface area contributed by atoms with Gasteiger partial charge in [0.25, 0.3) is 0 Å². The highest BCUT2D eigenvalue weighted by atomic mass is 32.1. The molecule has 0 atom stereocenters. The predicted octanol–water partition coefficient (Wildman–Crippen LogP) is 1.97. The van der Waals surface area contributed by atoms with Gasteiger partial charge in [-0.2, -0.15) is 0 Å². The van der Waals surface area contributed by atoms with E-state index in [2.05, 4.69) is 15.9 Å². The summed E-state index contributed by atoms with van der Waals surface area (Å²) in [5, 5.41) is 3.10. The molecule has 3 aromatic rings. The molecule has 1 fully saturated rings. The van der Waals surface area contributed by atoms with Gasteiger partial charge in [0.15, 0.2) is 5.82 Å². The third-order valence-corrected chi connectivity index (χ3v) is 5.24. The monoisotopic (exact) mass is 353 g/mol. The maximum absolute atomic E-state index is 11.1. The lowest BCUT2D eigenvalue weighted by Gasteiger charge is -2.35. The Labute approximate surface area is 149 Å². The number of piperazine rings is 1. The number of hydrogen-bond acceptors (Lipinski definition) is 6. The highest BCUT2D eigenvalue weighted by Crippen LogP contribution is 2.29. The number of amides is 1. The topological polar surface area (TPSA) is 75.4 Å². The molecule has 0 unspecified atom stereocenters. The Morgan fingerprint density at radius 3 is 2.60 bits per heavy atom. The first-order valence-electron chi connectivity index (χ1n) is 8.27. The van der Waals surface area contributed by atoms with Crippen LogP contribution in [0.1, 0.15) is 0 Å². The highest BCUT2D eigenvalue weighted by molar-refractivity contribution is 7.13. The molecule has 2 aromatic heterocycles. The van der Waals surface area contributed by atoms with Gasteiger partial charge in [0.05, 0.1) is 16.9 Å². The van der Waals surface area contributed by atoms with Crippen LogP contribution in [0.15, 0.2) is 41.8 Å². The first kappa shape index (κ1) is 16.0. The number of hydrogen-bond donors (Lipinski definition) is 1. The van der Waals surface area contributed by atoms with Crippen LogP contribution in [0.25, 0.3) is 21.6 Å². The first-order valence-corrected chi connectivity index (χ1v) is 9.15. The number of primary amides is 1. The van der Waals surface area contributed by atoms with Crippen LogP contribution in [0.3, 0.4) is 0 Å². The van der Waals surface area contributed by atoms with Gasteiger partial charge in [-0.25, -0.2) is 9.97 Å². The maximum atomic E-state index is 11.1. The summed E-state index contributed by atoms with van der Waals surface area (Å²) in [5.74, 6) is 1.46. The maximum Gasteiger partial charge on any atom is 0.231 e. The normalized spacial score (nSPS) is 15.6. The Kier molecular flexibility index (Phi) is 4.33. The van der Waals surface area contributed by atoms with Crippen LogP contribution in [0.2, 0.25) is 0 Å². The number of anilines is 1. The summed E-state index contributed by atoms with van der Waals surface area (Å²) < 4.78 is 0. The van der Waals surface area contributed by atoms with Gasteiger partial charge in [0, 0.05) is 31.6 Å². The molecule has 3 heterocycles. The zero-order valence-corrected chi connectivity index (χ0v) is 14.6. The summed E-state index contributed by atoms with van der Waals surface area (Å²) >= 11 is 1.64. The van der Waals surface area contributed by atoms with Crippen LogP contribution in [0, 0.1) is 0 Å². The number of aromatic nitrogens is 2. The van der Waals surface area contributed by atoms with Crippen molar-refractivity contribution in [3.8, 4) is 10.7 Å². The Hall–Kier alpha value is -2.51. The summed E-state index contributed by atoms with van der Waals surface area (Å²) in [6, 6.07) is 12.2. The minimum Gasteiger partial charge on any atom is -0.369 e. The van der Waals surface area contributed by atoms with Crippen LogP contribution in [0.4, 0.5) is 5.82 Å². The van der Waals surface area contributed by atoms with Crippen molar-refractivity contribution < 1.29 is 4.79 Å². The molecule has 6 nitrogen and oxygen atoms in total. The van der Waals surface area contributed by atoms with Gasteiger partial charge in [0.1, 0.15) is 5.82 Å². The Morgan fingerprint density at radius 2 is 1.88 bits per heavy atom. The number of benzene rings is 1. The molecule has 4 rings (SSSR count). The fraction of sp³-hybridized carbons (Fsp3) is 0.278. The molecule has 0 spiro atoms. The van der Waals surface area contributed by atoms with Gasteiger partial charge >= 0.3 is 0 Å². The Bertz CT molecular complexity index is 888. The van der Waals surface area contributed by atoms with E-state index < -0.39 is 0 Å². The van der Waals surface area contributed by atoms with E-state index in [4.69, 9.17) is 15.7 Å². The molecule has 1 aliphatic rings. The van der Waals surface area contributed by atoms with Crippen molar-refractivity contribution in [3.05, 3.63) is 41.8 Å². The number of fused-ring (bicyclic) bond motifs is 1. The summed E-state index contributed by atoms with van der Waals surface area (Å²) in [7, 11) is 0. The number of para-hydroxylation sites is 1. The average Bonchev–Trinajstić information content (AvgIpc) is 3.16. The lowest BCUT2D eigenvalue weighted by Crippen LogP contribution is -2.49. The molecule has 7 heteroatoms. The SMILES string of the molecule is NC(=O)CN1CCN(c2nc(-c3cccs3)nc3ccccc23)CC1. The number of carbonyl (C=O) groups excluding carboxylic acids is 1. The lowest BCUT2D eigenvalue weighted by atomic mass is 10.2. The van der Waals surface area contributed by atoms with Crippen molar-refractivity contribution in [2.75, 3.05) is 37.6 Å². The van der Waals surface area contributed by atoms with Crippen molar-refractivity contribution in [2.24, 2.45) is 5.73 Å². The van der Waals surface area contributed by atoms with Crippen LogP contribution >= 0.6 is 11.3 Å². The lowest BCUT2D eigenvalue weighted by molar-refractivity contribution is -0.119. The molecule has 25 heavy (non-hydrogen) atoms. The molecule has 2 N–H and O–H groups in total. The van der Waals surface area contributed by atoms with E-state index in [1.165, 1.54) is 0 Å². The fourth-order valence-corrected chi connectivity index (χ4v) is 3.81. The number of carbonyl (C=O) groups is 1. The summed E-state index contributed by atoms with van der Waals surface area (Å²) in [5.41, 5.74) is 6.26. The Morgan fingerprint density at radius 1 is 1.08 bits per heavy atom. The van der Waals surface area contributed by atoms with E-state index in [9.17, 15) is 4.79 Å². The van der Waals surface area contributed by atoms with E-state index in [1.54, 1.807) is 11.3 Å². The third kappa shape index (κ3) is 3.33. The minimum atomic E-state index is -0.277. The van der Waals surface area contributed by atoms with E-state index in [-0.39, 0.29) is 5.91 Å². The largest absolute Gasteiger partial charge is 0.369 e. The second kappa shape index (κ2) is 6.78. The average molecular weight is 353 g/mol. The second-order valence-corrected chi connectivity index (χ2v) is 7.04. The fourth-order valence-electron chi connectivity index (χ4n) is 3.16. The molecular formula is C18H19N5OS. The molecule has 1 amide bonds. The van der Waals surface area contributed by atoms with E-state index in [1.807, 2.05) is 35.7 Å². The number of nitrogens with zero attached hydrogens (tertiary/aromatic N) is 4. The zero-order valence-electron chi connectivity index (χ0n) is 13.8. The second-order valence-electron chi connectivity index (χ2n) is 6.09. The van der Waals surface area contributed by atoms with Crippen LogP contribution in [-0.4, -0.2) is 53.5 Å². The third-order valence-electron chi connectivity index (χ3n) is 4.38. The quantitative estimate of drug-likeness (QED) is 0.776. The van der Waals surface area contributed by atoms with E-state index in [0.29, 0.717) is 6.54 Å². The van der Waals surface area contributed by atoms with Gasteiger partial charge in [0.2, 0.25) is 5.91 Å². The molecule has 0 saturated carbocycles. The van der Waals surface area contributed by atoms with Gasteiger partial charge in [-0.15, -0.1) is 11.3 Å².